The molecule has 0 aliphatic carbocycles. The number of nitrogens with zero attached hydrogens (tertiary/aromatic N) is 3. The number of anilines is 2. The summed E-state index contributed by atoms with van der Waals surface area (Å²) in [6.07, 6.45) is 0. The first kappa shape index (κ1) is 31.1. The van der Waals surface area contributed by atoms with E-state index in [2.05, 4.69) is 105 Å². The molecule has 0 aliphatic heterocycles. The van der Waals surface area contributed by atoms with Crippen molar-refractivity contribution >= 4 is 45.4 Å². The maximum absolute atomic E-state index is 6.43. The summed E-state index contributed by atoms with van der Waals surface area (Å²) in [5.74, 6) is 0.787. The van der Waals surface area contributed by atoms with Crippen LogP contribution in [-0.4, -0.2) is 10.2 Å². The van der Waals surface area contributed by atoms with E-state index in [1.807, 2.05) is 42.5 Å². The second-order valence-corrected chi connectivity index (χ2v) is 14.6. The van der Waals surface area contributed by atoms with Gasteiger partial charge in [-0.05, 0) is 63.4 Å². The molecule has 0 aliphatic rings. The van der Waals surface area contributed by atoms with Gasteiger partial charge in [0, 0.05) is 11.3 Å². The van der Waals surface area contributed by atoms with Crippen LogP contribution >= 0.6 is 34.5 Å². The summed E-state index contributed by atoms with van der Waals surface area (Å²) in [4.78, 5) is 2.12. The molecule has 0 fully saturated rings. The number of ether oxygens (including phenoxy) is 1. The normalized spacial score (nSPS) is 11.9. The van der Waals surface area contributed by atoms with Crippen LogP contribution in [0.5, 0.6) is 5.75 Å². The standard InChI is InChI=1S/C36H37Cl2N3OS/c1-35(2,3)27-14-10-24(11-15-27)22-41(29-18-19-31(37)32(38)21-29)34-40-39-33(43-34)26-8-7-9-30(20-26)42-23-25-12-16-28(17-13-25)36(4,5)6/h7-21H,22-23H2,1-6H3. The van der Waals surface area contributed by atoms with E-state index in [1.165, 1.54) is 22.5 Å². The van der Waals surface area contributed by atoms with E-state index >= 15 is 0 Å². The van der Waals surface area contributed by atoms with Crippen molar-refractivity contribution in [3.8, 4) is 16.3 Å². The first-order valence-electron chi connectivity index (χ1n) is 14.3. The molecule has 7 heteroatoms. The van der Waals surface area contributed by atoms with Crippen LogP contribution in [0.3, 0.4) is 0 Å². The maximum atomic E-state index is 6.43. The molecule has 0 amide bonds. The van der Waals surface area contributed by atoms with Crippen molar-refractivity contribution in [1.82, 2.24) is 10.2 Å². The Morgan fingerprint density at radius 3 is 1.93 bits per heavy atom. The third kappa shape index (κ3) is 7.77. The predicted molar refractivity (Wildman–Crippen MR) is 182 cm³/mol. The molecule has 5 rings (SSSR count). The lowest BCUT2D eigenvalue weighted by Crippen LogP contribution is -2.17. The highest BCUT2D eigenvalue weighted by atomic mass is 35.5. The maximum Gasteiger partial charge on any atom is 0.213 e. The highest BCUT2D eigenvalue weighted by molar-refractivity contribution is 7.18. The molecule has 4 nitrogen and oxygen atoms in total. The number of rotatable bonds is 8. The third-order valence-electron chi connectivity index (χ3n) is 7.33. The molecule has 0 saturated carbocycles. The quantitative estimate of drug-likeness (QED) is 0.171. The fourth-order valence-electron chi connectivity index (χ4n) is 4.64. The minimum absolute atomic E-state index is 0.0885. The Kier molecular flexibility index (Phi) is 9.17. The Hall–Kier alpha value is -3.38. The second kappa shape index (κ2) is 12.7. The average molecular weight is 631 g/mol. The van der Waals surface area contributed by atoms with Gasteiger partial charge in [-0.1, -0.05) is 137 Å². The van der Waals surface area contributed by atoms with E-state index in [9.17, 15) is 0 Å². The minimum atomic E-state index is 0.0885. The average Bonchev–Trinajstić information content (AvgIpc) is 3.46. The molecule has 5 aromatic rings. The highest BCUT2D eigenvalue weighted by Crippen LogP contribution is 2.37. The van der Waals surface area contributed by atoms with Crippen LogP contribution in [0, 0.1) is 0 Å². The highest BCUT2D eigenvalue weighted by Gasteiger charge is 2.19. The van der Waals surface area contributed by atoms with Crippen molar-refractivity contribution in [2.75, 3.05) is 4.90 Å². The van der Waals surface area contributed by atoms with Gasteiger partial charge in [-0.2, -0.15) is 0 Å². The number of hydrogen-bond acceptors (Lipinski definition) is 5. The topological polar surface area (TPSA) is 38.3 Å². The fourth-order valence-corrected chi connectivity index (χ4v) is 5.80. The third-order valence-corrected chi connectivity index (χ3v) is 9.06. The van der Waals surface area contributed by atoms with Crippen molar-refractivity contribution in [3.63, 3.8) is 0 Å². The zero-order valence-electron chi connectivity index (χ0n) is 25.5. The Morgan fingerprint density at radius 1 is 0.698 bits per heavy atom. The van der Waals surface area contributed by atoms with Gasteiger partial charge in [-0.25, -0.2) is 0 Å². The number of hydrogen-bond donors (Lipinski definition) is 0. The molecule has 4 aromatic carbocycles. The van der Waals surface area contributed by atoms with Crippen LogP contribution in [0.4, 0.5) is 10.8 Å². The summed E-state index contributed by atoms with van der Waals surface area (Å²) in [5.41, 5.74) is 6.94. The van der Waals surface area contributed by atoms with E-state index in [1.54, 1.807) is 0 Å². The monoisotopic (exact) mass is 629 g/mol. The number of benzene rings is 4. The Morgan fingerprint density at radius 2 is 1.33 bits per heavy atom. The zero-order chi connectivity index (χ0) is 30.8. The Bertz CT molecular complexity index is 1680. The Labute approximate surface area is 269 Å². The van der Waals surface area contributed by atoms with Crippen molar-refractivity contribution in [2.45, 2.75) is 65.5 Å². The molecule has 0 bridgehead atoms. The van der Waals surface area contributed by atoms with Gasteiger partial charge < -0.3 is 9.64 Å². The van der Waals surface area contributed by atoms with E-state index in [0.29, 0.717) is 23.2 Å². The fraction of sp³-hybridized carbons (Fsp3) is 0.278. The smallest absolute Gasteiger partial charge is 0.213 e. The van der Waals surface area contributed by atoms with E-state index in [0.717, 1.165) is 38.3 Å². The van der Waals surface area contributed by atoms with Gasteiger partial charge in [0.2, 0.25) is 5.13 Å². The lowest BCUT2D eigenvalue weighted by Gasteiger charge is -2.23. The molecule has 0 radical (unpaired) electrons. The SMILES string of the molecule is CC(C)(C)c1ccc(COc2cccc(-c3nnc(N(Cc4ccc(C(C)(C)C)cc4)c4ccc(Cl)c(Cl)c4)s3)c2)cc1. The van der Waals surface area contributed by atoms with Gasteiger partial charge in [-0.15, -0.1) is 10.2 Å². The van der Waals surface area contributed by atoms with Crippen molar-refractivity contribution < 1.29 is 4.74 Å². The first-order valence-corrected chi connectivity index (χ1v) is 15.9. The summed E-state index contributed by atoms with van der Waals surface area (Å²) < 4.78 is 6.16. The van der Waals surface area contributed by atoms with Crippen molar-refractivity contribution in [2.24, 2.45) is 0 Å². The number of halogens is 2. The van der Waals surface area contributed by atoms with Crippen molar-refractivity contribution in [3.05, 3.63) is 123 Å². The molecular formula is C36H37Cl2N3OS. The second-order valence-electron chi connectivity index (χ2n) is 12.8. The largest absolute Gasteiger partial charge is 0.489 e. The van der Waals surface area contributed by atoms with Gasteiger partial charge >= 0.3 is 0 Å². The van der Waals surface area contributed by atoms with Gasteiger partial charge in [0.05, 0.1) is 16.6 Å². The van der Waals surface area contributed by atoms with Crippen LogP contribution in [0.1, 0.15) is 63.8 Å². The molecular weight excluding hydrogens is 593 g/mol. The molecule has 43 heavy (non-hydrogen) atoms. The molecule has 1 heterocycles. The van der Waals surface area contributed by atoms with E-state index < -0.39 is 0 Å². The van der Waals surface area contributed by atoms with Gasteiger partial charge in [-0.3, -0.25) is 0 Å². The molecule has 0 atom stereocenters. The summed E-state index contributed by atoms with van der Waals surface area (Å²) in [6.45, 7) is 14.4. The van der Waals surface area contributed by atoms with Crippen LogP contribution in [-0.2, 0) is 24.0 Å². The molecule has 222 valence electrons. The Balaban J connectivity index is 1.37. The van der Waals surface area contributed by atoms with Gasteiger partial charge in [0.25, 0.3) is 0 Å². The van der Waals surface area contributed by atoms with Gasteiger partial charge in [0.1, 0.15) is 17.4 Å². The number of aromatic nitrogens is 2. The summed E-state index contributed by atoms with van der Waals surface area (Å²) in [5, 5.41) is 11.7. The summed E-state index contributed by atoms with van der Waals surface area (Å²) >= 11 is 14.2. The van der Waals surface area contributed by atoms with E-state index in [4.69, 9.17) is 27.9 Å². The molecule has 0 unspecified atom stereocenters. The lowest BCUT2D eigenvalue weighted by atomic mass is 9.87. The van der Waals surface area contributed by atoms with E-state index in [-0.39, 0.29) is 10.8 Å². The van der Waals surface area contributed by atoms with Crippen molar-refractivity contribution in [1.29, 1.82) is 0 Å². The first-order chi connectivity index (χ1) is 20.4. The molecule has 0 saturated heterocycles. The van der Waals surface area contributed by atoms with Crippen LogP contribution in [0.25, 0.3) is 10.6 Å². The molecule has 1 aromatic heterocycles. The summed E-state index contributed by atoms with van der Waals surface area (Å²) in [7, 11) is 0. The predicted octanol–water partition coefficient (Wildman–Crippen LogP) is 11.0. The molecule has 0 N–H and O–H groups in total. The molecule has 0 spiro atoms. The van der Waals surface area contributed by atoms with Gasteiger partial charge in [0.15, 0.2) is 0 Å². The van der Waals surface area contributed by atoms with Crippen LogP contribution in [0.2, 0.25) is 10.0 Å². The zero-order valence-corrected chi connectivity index (χ0v) is 27.8. The lowest BCUT2D eigenvalue weighted by molar-refractivity contribution is 0.306. The van der Waals surface area contributed by atoms with Crippen LogP contribution in [0.15, 0.2) is 91.0 Å². The minimum Gasteiger partial charge on any atom is -0.489 e. The van der Waals surface area contributed by atoms with Crippen LogP contribution < -0.4 is 9.64 Å². The summed E-state index contributed by atoms with van der Waals surface area (Å²) in [6, 6.07) is 31.0.